The molecule has 0 heterocycles. The van der Waals surface area contributed by atoms with Crippen molar-refractivity contribution in [3.05, 3.63) is 0 Å². The van der Waals surface area contributed by atoms with E-state index in [9.17, 15) is 13.2 Å². The van der Waals surface area contributed by atoms with Gasteiger partial charge in [-0.3, -0.25) is 0 Å². The smallest absolute Gasteiger partial charge is 0.420 e. The molecule has 0 saturated carbocycles. The standard InChI is InChI=1S/C6H13NO4S/c1-3-5-11-6(8)7-12(9,10)4-2/h3-5H2,1-2H3,(H,7,8). The second-order valence-corrected chi connectivity index (χ2v) is 4.15. The number of nitrogens with one attached hydrogen (secondary N) is 1. The average Bonchev–Trinajstić information content (AvgIpc) is 2.00. The molecule has 5 nitrogen and oxygen atoms in total. The highest BCUT2D eigenvalue weighted by molar-refractivity contribution is 7.89. The van der Waals surface area contributed by atoms with Crippen LogP contribution >= 0.6 is 0 Å². The van der Waals surface area contributed by atoms with Crippen molar-refractivity contribution in [1.29, 1.82) is 0 Å². The number of hydrogen-bond donors (Lipinski definition) is 1. The maximum Gasteiger partial charge on any atom is 0.420 e. The second-order valence-electron chi connectivity index (χ2n) is 2.14. The van der Waals surface area contributed by atoms with Gasteiger partial charge in [0.25, 0.3) is 0 Å². The maximum atomic E-state index is 10.8. The number of ether oxygens (including phenoxy) is 1. The van der Waals surface area contributed by atoms with E-state index in [1.807, 2.05) is 6.92 Å². The normalized spacial score (nSPS) is 10.8. The summed E-state index contributed by atoms with van der Waals surface area (Å²) in [6.45, 7) is 3.49. The molecule has 0 spiro atoms. The number of hydrogen-bond acceptors (Lipinski definition) is 4. The fourth-order valence-corrected chi connectivity index (χ4v) is 0.881. The van der Waals surface area contributed by atoms with Crippen LogP contribution in [-0.2, 0) is 14.8 Å². The summed E-state index contributed by atoms with van der Waals surface area (Å²) < 4.78 is 27.8. The Bertz CT molecular complexity index is 234. The lowest BCUT2D eigenvalue weighted by Crippen LogP contribution is -2.32. The molecule has 0 aliphatic rings. The van der Waals surface area contributed by atoms with Crippen LogP contribution in [0.5, 0.6) is 0 Å². The molecule has 1 amide bonds. The number of carbonyl (C=O) groups excluding carboxylic acids is 1. The van der Waals surface area contributed by atoms with Gasteiger partial charge in [-0.05, 0) is 13.3 Å². The van der Waals surface area contributed by atoms with Crippen molar-refractivity contribution >= 4 is 16.1 Å². The summed E-state index contributed by atoms with van der Waals surface area (Å²) in [5.74, 6) is -0.131. The lowest BCUT2D eigenvalue weighted by Gasteiger charge is -2.04. The zero-order valence-corrected chi connectivity index (χ0v) is 7.98. The number of carbonyl (C=O) groups is 1. The van der Waals surface area contributed by atoms with E-state index < -0.39 is 16.1 Å². The van der Waals surface area contributed by atoms with Crippen molar-refractivity contribution in [1.82, 2.24) is 4.72 Å². The lowest BCUT2D eigenvalue weighted by molar-refractivity contribution is 0.152. The van der Waals surface area contributed by atoms with E-state index in [0.29, 0.717) is 6.42 Å². The summed E-state index contributed by atoms with van der Waals surface area (Å²) in [5, 5.41) is 0. The summed E-state index contributed by atoms with van der Waals surface area (Å²) in [6.07, 6.45) is -0.238. The van der Waals surface area contributed by atoms with E-state index in [0.717, 1.165) is 0 Å². The van der Waals surface area contributed by atoms with E-state index in [-0.39, 0.29) is 12.4 Å². The third-order valence-corrected chi connectivity index (χ3v) is 2.29. The minimum atomic E-state index is -3.47. The lowest BCUT2D eigenvalue weighted by atomic mass is 10.5. The molecule has 0 radical (unpaired) electrons. The van der Waals surface area contributed by atoms with Gasteiger partial charge in [0.05, 0.1) is 12.4 Å². The van der Waals surface area contributed by atoms with Crippen LogP contribution in [0.25, 0.3) is 0 Å². The molecule has 0 aromatic carbocycles. The van der Waals surface area contributed by atoms with Crippen molar-refractivity contribution in [2.75, 3.05) is 12.4 Å². The Balaban J connectivity index is 3.85. The topological polar surface area (TPSA) is 72.5 Å². The molecule has 0 aromatic rings. The van der Waals surface area contributed by atoms with Gasteiger partial charge in [0.15, 0.2) is 0 Å². The maximum absolute atomic E-state index is 10.8. The highest BCUT2D eigenvalue weighted by Gasteiger charge is 2.11. The first-order valence-electron chi connectivity index (χ1n) is 3.69. The quantitative estimate of drug-likeness (QED) is 0.707. The van der Waals surface area contributed by atoms with Gasteiger partial charge in [-0.1, -0.05) is 6.92 Å². The Labute approximate surface area is 72.1 Å². The monoisotopic (exact) mass is 195 g/mol. The third kappa shape index (κ3) is 4.95. The molecule has 0 saturated heterocycles. The first-order valence-corrected chi connectivity index (χ1v) is 5.34. The largest absolute Gasteiger partial charge is 0.449 e. The fraction of sp³-hybridized carbons (Fsp3) is 0.833. The molecule has 1 N–H and O–H groups in total. The molecule has 0 aliphatic carbocycles. The van der Waals surface area contributed by atoms with Crippen LogP contribution in [0.2, 0.25) is 0 Å². The first-order chi connectivity index (χ1) is 5.52. The molecule has 12 heavy (non-hydrogen) atoms. The Hall–Kier alpha value is -0.780. The molecule has 0 atom stereocenters. The van der Waals surface area contributed by atoms with Crippen LogP contribution in [0.15, 0.2) is 0 Å². The SMILES string of the molecule is CCCOC(=O)NS(=O)(=O)CC. The van der Waals surface area contributed by atoms with Crippen LogP contribution in [0, 0.1) is 0 Å². The van der Waals surface area contributed by atoms with E-state index >= 15 is 0 Å². The van der Waals surface area contributed by atoms with Gasteiger partial charge in [-0.2, -0.15) is 0 Å². The van der Waals surface area contributed by atoms with E-state index in [1.54, 1.807) is 4.72 Å². The highest BCUT2D eigenvalue weighted by Crippen LogP contribution is 1.86. The molecule has 0 fully saturated rings. The molecular weight excluding hydrogens is 182 g/mol. The highest BCUT2D eigenvalue weighted by atomic mass is 32.2. The fourth-order valence-electron chi connectivity index (χ4n) is 0.423. The Morgan fingerprint density at radius 3 is 2.42 bits per heavy atom. The summed E-state index contributed by atoms with van der Waals surface area (Å²) in [4.78, 5) is 10.7. The van der Waals surface area contributed by atoms with Crippen LogP contribution in [0.1, 0.15) is 20.3 Å². The minimum Gasteiger partial charge on any atom is -0.449 e. The Morgan fingerprint density at radius 2 is 2.00 bits per heavy atom. The summed E-state index contributed by atoms with van der Waals surface area (Å²) >= 11 is 0. The predicted molar refractivity (Wildman–Crippen MR) is 44.2 cm³/mol. The molecule has 0 aliphatic heterocycles. The van der Waals surface area contributed by atoms with E-state index in [2.05, 4.69) is 4.74 Å². The van der Waals surface area contributed by atoms with Crippen molar-refractivity contribution in [3.8, 4) is 0 Å². The molecule has 0 unspecified atom stereocenters. The van der Waals surface area contributed by atoms with E-state index in [1.165, 1.54) is 6.92 Å². The van der Waals surface area contributed by atoms with Crippen LogP contribution < -0.4 is 4.72 Å². The number of rotatable bonds is 4. The summed E-state index contributed by atoms with van der Waals surface area (Å²) in [7, 11) is -3.47. The van der Waals surface area contributed by atoms with Gasteiger partial charge in [0.1, 0.15) is 0 Å². The van der Waals surface area contributed by atoms with Crippen LogP contribution in [0.4, 0.5) is 4.79 Å². The predicted octanol–water partition coefficient (Wildman–Crippen LogP) is 0.472. The Morgan fingerprint density at radius 1 is 1.42 bits per heavy atom. The molecule has 72 valence electrons. The summed E-state index contributed by atoms with van der Waals surface area (Å²) in [6, 6.07) is 0. The molecular formula is C6H13NO4S. The van der Waals surface area contributed by atoms with Gasteiger partial charge >= 0.3 is 6.09 Å². The van der Waals surface area contributed by atoms with Crippen molar-refractivity contribution in [2.45, 2.75) is 20.3 Å². The van der Waals surface area contributed by atoms with Crippen LogP contribution in [0.3, 0.4) is 0 Å². The van der Waals surface area contributed by atoms with Gasteiger partial charge in [-0.25, -0.2) is 17.9 Å². The van der Waals surface area contributed by atoms with Crippen molar-refractivity contribution < 1.29 is 17.9 Å². The number of amides is 1. The molecule has 0 rings (SSSR count). The Kier molecular flexibility index (Phi) is 4.65. The minimum absolute atomic E-state index is 0.131. The van der Waals surface area contributed by atoms with Gasteiger partial charge in [0.2, 0.25) is 10.0 Å². The molecule has 0 bridgehead atoms. The van der Waals surface area contributed by atoms with Gasteiger partial charge < -0.3 is 4.74 Å². The molecule has 0 aromatic heterocycles. The van der Waals surface area contributed by atoms with Gasteiger partial charge in [0, 0.05) is 0 Å². The zero-order chi connectivity index (χ0) is 9.61. The zero-order valence-electron chi connectivity index (χ0n) is 7.16. The third-order valence-electron chi connectivity index (χ3n) is 1.06. The average molecular weight is 195 g/mol. The summed E-state index contributed by atoms with van der Waals surface area (Å²) in [5.41, 5.74) is 0. The molecule has 6 heteroatoms. The number of sulfonamides is 1. The van der Waals surface area contributed by atoms with Crippen LogP contribution in [-0.4, -0.2) is 26.9 Å². The van der Waals surface area contributed by atoms with Gasteiger partial charge in [-0.15, -0.1) is 0 Å². The first kappa shape index (κ1) is 11.2. The van der Waals surface area contributed by atoms with Crippen molar-refractivity contribution in [3.63, 3.8) is 0 Å². The second kappa shape index (κ2) is 4.97. The van der Waals surface area contributed by atoms with Crippen molar-refractivity contribution in [2.24, 2.45) is 0 Å². The van der Waals surface area contributed by atoms with E-state index in [4.69, 9.17) is 0 Å².